The third-order valence-electron chi connectivity index (χ3n) is 3.66. The fourth-order valence-electron chi connectivity index (χ4n) is 2.67. The Morgan fingerprint density at radius 3 is 2.61 bits per heavy atom. The Labute approximate surface area is 137 Å². The average Bonchev–Trinajstić information content (AvgIpc) is 2.95. The van der Waals surface area contributed by atoms with Crippen molar-refractivity contribution < 1.29 is 14.3 Å². The van der Waals surface area contributed by atoms with Gasteiger partial charge in [0, 0.05) is 12.1 Å². The van der Waals surface area contributed by atoms with E-state index >= 15 is 0 Å². The third kappa shape index (κ3) is 4.37. The highest BCUT2D eigenvalue weighted by atomic mass is 16.5. The Bertz CT molecular complexity index is 581. The first-order chi connectivity index (χ1) is 10.8. The van der Waals surface area contributed by atoms with E-state index in [2.05, 4.69) is 10.6 Å². The monoisotopic (exact) mass is 319 g/mol. The second kappa shape index (κ2) is 6.89. The molecule has 3 amide bonds. The standard InChI is InChI=1S/C17H25N3O3/c1-17(2,3)19-15(21)13-9-7-11-20(13)16(22)18-12-8-5-6-10-14(12)23-4/h5-6,8,10,13H,7,9,11H2,1-4H3,(H,18,22)(H,19,21). The van der Waals surface area contributed by atoms with Crippen molar-refractivity contribution in [2.75, 3.05) is 19.0 Å². The van der Waals surface area contributed by atoms with Gasteiger partial charge in [0.25, 0.3) is 0 Å². The van der Waals surface area contributed by atoms with E-state index in [1.165, 1.54) is 0 Å². The Morgan fingerprint density at radius 1 is 1.26 bits per heavy atom. The molecule has 0 radical (unpaired) electrons. The smallest absolute Gasteiger partial charge is 0.322 e. The summed E-state index contributed by atoms with van der Waals surface area (Å²) in [6.07, 6.45) is 1.50. The number of benzene rings is 1. The highest BCUT2D eigenvalue weighted by Gasteiger charge is 2.35. The number of nitrogens with zero attached hydrogens (tertiary/aromatic N) is 1. The fourth-order valence-corrected chi connectivity index (χ4v) is 2.67. The van der Waals surface area contributed by atoms with Crippen molar-refractivity contribution in [2.24, 2.45) is 0 Å². The van der Waals surface area contributed by atoms with E-state index in [-0.39, 0.29) is 17.5 Å². The number of anilines is 1. The number of likely N-dealkylation sites (tertiary alicyclic amines) is 1. The zero-order chi connectivity index (χ0) is 17.0. The number of urea groups is 1. The number of ether oxygens (including phenoxy) is 1. The summed E-state index contributed by atoms with van der Waals surface area (Å²) in [7, 11) is 1.56. The molecule has 0 aromatic heterocycles. The number of carbonyl (C=O) groups is 2. The van der Waals surface area contributed by atoms with Gasteiger partial charge in [0.05, 0.1) is 12.8 Å². The van der Waals surface area contributed by atoms with Crippen LogP contribution in [-0.4, -0.2) is 42.1 Å². The lowest BCUT2D eigenvalue weighted by Crippen LogP contribution is -2.52. The number of hydrogen-bond acceptors (Lipinski definition) is 3. The van der Waals surface area contributed by atoms with E-state index in [1.54, 1.807) is 24.1 Å². The van der Waals surface area contributed by atoms with Gasteiger partial charge in [0.15, 0.2) is 0 Å². The molecule has 1 aliphatic heterocycles. The number of hydrogen-bond donors (Lipinski definition) is 2. The molecule has 2 rings (SSSR count). The molecule has 1 aliphatic rings. The van der Waals surface area contributed by atoms with Crippen molar-refractivity contribution in [3.05, 3.63) is 24.3 Å². The van der Waals surface area contributed by atoms with Crippen molar-refractivity contribution in [3.8, 4) is 5.75 Å². The second-order valence-corrected chi connectivity index (χ2v) is 6.72. The average molecular weight is 319 g/mol. The lowest BCUT2D eigenvalue weighted by Gasteiger charge is -2.28. The number of rotatable bonds is 3. The summed E-state index contributed by atoms with van der Waals surface area (Å²) in [6, 6.07) is 6.51. The number of carbonyl (C=O) groups excluding carboxylic acids is 2. The lowest BCUT2D eigenvalue weighted by atomic mass is 10.1. The van der Waals surface area contributed by atoms with E-state index in [1.807, 2.05) is 32.9 Å². The summed E-state index contributed by atoms with van der Waals surface area (Å²) in [5, 5.41) is 5.78. The molecule has 126 valence electrons. The third-order valence-corrected chi connectivity index (χ3v) is 3.66. The molecule has 1 aromatic rings. The molecule has 1 atom stereocenters. The van der Waals surface area contributed by atoms with Gasteiger partial charge in [-0.25, -0.2) is 4.79 Å². The van der Waals surface area contributed by atoms with Gasteiger partial charge >= 0.3 is 6.03 Å². The van der Waals surface area contributed by atoms with Gasteiger partial charge in [-0.05, 0) is 45.7 Å². The van der Waals surface area contributed by atoms with Crippen LogP contribution in [0.5, 0.6) is 5.75 Å². The SMILES string of the molecule is COc1ccccc1NC(=O)N1CCCC1C(=O)NC(C)(C)C. The summed E-state index contributed by atoms with van der Waals surface area (Å²) in [5.74, 6) is 0.487. The largest absolute Gasteiger partial charge is 0.495 e. The van der Waals surface area contributed by atoms with Crippen molar-refractivity contribution >= 4 is 17.6 Å². The maximum Gasteiger partial charge on any atom is 0.322 e. The Hall–Kier alpha value is -2.24. The first kappa shape index (κ1) is 17.1. The minimum absolute atomic E-state index is 0.106. The van der Waals surface area contributed by atoms with Crippen LogP contribution in [0, 0.1) is 0 Å². The molecule has 1 saturated heterocycles. The molecule has 0 aliphatic carbocycles. The quantitative estimate of drug-likeness (QED) is 0.899. The van der Waals surface area contributed by atoms with Crippen LogP contribution >= 0.6 is 0 Å². The van der Waals surface area contributed by atoms with Crippen LogP contribution < -0.4 is 15.4 Å². The molecule has 6 nitrogen and oxygen atoms in total. The number of amides is 3. The summed E-state index contributed by atoms with van der Waals surface area (Å²) in [5.41, 5.74) is 0.284. The molecule has 1 aromatic carbocycles. The highest BCUT2D eigenvalue weighted by Crippen LogP contribution is 2.25. The maximum absolute atomic E-state index is 12.5. The molecular formula is C17H25N3O3. The van der Waals surface area contributed by atoms with Gasteiger partial charge in [-0.15, -0.1) is 0 Å². The van der Waals surface area contributed by atoms with Crippen LogP contribution in [0.2, 0.25) is 0 Å². The molecule has 2 N–H and O–H groups in total. The zero-order valence-electron chi connectivity index (χ0n) is 14.2. The Morgan fingerprint density at radius 2 is 1.96 bits per heavy atom. The van der Waals surface area contributed by atoms with E-state index in [4.69, 9.17) is 4.74 Å². The van der Waals surface area contributed by atoms with Crippen molar-refractivity contribution in [3.63, 3.8) is 0 Å². The summed E-state index contributed by atoms with van der Waals surface area (Å²) in [6.45, 7) is 6.36. The number of nitrogens with one attached hydrogen (secondary N) is 2. The summed E-state index contributed by atoms with van der Waals surface area (Å²) in [4.78, 5) is 26.5. The minimum Gasteiger partial charge on any atom is -0.495 e. The van der Waals surface area contributed by atoms with Gasteiger partial charge in [0.1, 0.15) is 11.8 Å². The normalized spacial score (nSPS) is 17.7. The Balaban J connectivity index is 2.07. The van der Waals surface area contributed by atoms with Crippen LogP contribution in [0.25, 0.3) is 0 Å². The van der Waals surface area contributed by atoms with Crippen molar-refractivity contribution in [2.45, 2.75) is 45.2 Å². The van der Waals surface area contributed by atoms with Crippen LogP contribution in [0.3, 0.4) is 0 Å². The highest BCUT2D eigenvalue weighted by molar-refractivity contribution is 5.95. The Kier molecular flexibility index (Phi) is 5.13. The van der Waals surface area contributed by atoms with E-state index in [0.29, 0.717) is 24.4 Å². The van der Waals surface area contributed by atoms with Crippen LogP contribution in [0.4, 0.5) is 10.5 Å². The number of methoxy groups -OCH3 is 1. The van der Waals surface area contributed by atoms with Gasteiger partial charge in [0.2, 0.25) is 5.91 Å². The van der Waals surface area contributed by atoms with Crippen LogP contribution in [0.15, 0.2) is 24.3 Å². The summed E-state index contributed by atoms with van der Waals surface area (Å²) >= 11 is 0. The molecule has 0 bridgehead atoms. The molecule has 23 heavy (non-hydrogen) atoms. The van der Waals surface area contributed by atoms with Gasteiger partial charge in [-0.2, -0.15) is 0 Å². The predicted molar refractivity (Wildman–Crippen MR) is 89.6 cm³/mol. The van der Waals surface area contributed by atoms with Gasteiger partial charge < -0.3 is 20.3 Å². The first-order valence-corrected chi connectivity index (χ1v) is 7.84. The van der Waals surface area contributed by atoms with E-state index in [9.17, 15) is 9.59 Å². The number of para-hydroxylation sites is 2. The summed E-state index contributed by atoms with van der Waals surface area (Å²) < 4.78 is 5.24. The molecule has 1 unspecified atom stereocenters. The van der Waals surface area contributed by atoms with Gasteiger partial charge in [-0.3, -0.25) is 4.79 Å². The fraction of sp³-hybridized carbons (Fsp3) is 0.529. The lowest BCUT2D eigenvalue weighted by molar-refractivity contribution is -0.126. The molecular weight excluding hydrogens is 294 g/mol. The zero-order valence-corrected chi connectivity index (χ0v) is 14.2. The van der Waals surface area contributed by atoms with Crippen LogP contribution in [-0.2, 0) is 4.79 Å². The van der Waals surface area contributed by atoms with E-state index in [0.717, 1.165) is 6.42 Å². The second-order valence-electron chi connectivity index (χ2n) is 6.72. The predicted octanol–water partition coefficient (Wildman–Crippen LogP) is 2.61. The molecule has 1 heterocycles. The van der Waals surface area contributed by atoms with E-state index < -0.39 is 6.04 Å². The first-order valence-electron chi connectivity index (χ1n) is 7.84. The minimum atomic E-state index is -0.427. The molecule has 6 heteroatoms. The van der Waals surface area contributed by atoms with Crippen molar-refractivity contribution in [1.29, 1.82) is 0 Å². The van der Waals surface area contributed by atoms with Gasteiger partial charge in [-0.1, -0.05) is 12.1 Å². The maximum atomic E-state index is 12.5. The molecule has 0 saturated carbocycles. The topological polar surface area (TPSA) is 70.7 Å². The molecule has 0 spiro atoms. The van der Waals surface area contributed by atoms with Crippen molar-refractivity contribution in [1.82, 2.24) is 10.2 Å². The molecule has 1 fully saturated rings. The van der Waals surface area contributed by atoms with Crippen LogP contribution in [0.1, 0.15) is 33.6 Å².